The molecule has 1 aliphatic carbocycles. The second-order valence-corrected chi connectivity index (χ2v) is 11.9. The van der Waals surface area contributed by atoms with Gasteiger partial charge in [-0.2, -0.15) is 0 Å². The van der Waals surface area contributed by atoms with E-state index in [1.54, 1.807) is 0 Å². The summed E-state index contributed by atoms with van der Waals surface area (Å²) >= 11 is 1.89. The highest BCUT2D eigenvalue weighted by atomic mass is 32.1. The predicted octanol–water partition coefficient (Wildman–Crippen LogP) is 5.41. The van der Waals surface area contributed by atoms with E-state index in [0.29, 0.717) is 12.3 Å². The van der Waals surface area contributed by atoms with E-state index in [0.717, 1.165) is 56.6 Å². The highest BCUT2D eigenvalue weighted by Crippen LogP contribution is 2.42. The molecule has 5 nitrogen and oxygen atoms in total. The van der Waals surface area contributed by atoms with Gasteiger partial charge in [0.05, 0.1) is 5.39 Å². The normalized spacial score (nSPS) is 20.8. The lowest BCUT2D eigenvalue weighted by atomic mass is 9.89. The molecule has 2 atom stereocenters. The Morgan fingerprint density at radius 2 is 1.90 bits per heavy atom. The number of carbonyl (C=O) groups excluding carboxylic acids is 1. The quantitative estimate of drug-likeness (QED) is 0.635. The molecule has 0 aromatic carbocycles. The van der Waals surface area contributed by atoms with Crippen LogP contribution in [-0.4, -0.2) is 47.0 Å². The van der Waals surface area contributed by atoms with Crippen LogP contribution in [0.3, 0.4) is 0 Å². The summed E-state index contributed by atoms with van der Waals surface area (Å²) in [7, 11) is 0. The molecule has 1 amide bonds. The summed E-state index contributed by atoms with van der Waals surface area (Å²) in [4.78, 5) is 30.0. The van der Waals surface area contributed by atoms with Crippen LogP contribution >= 0.6 is 11.3 Å². The molecule has 2 aliphatic rings. The van der Waals surface area contributed by atoms with Crippen LogP contribution in [0.15, 0.2) is 0 Å². The van der Waals surface area contributed by atoms with Gasteiger partial charge in [-0.05, 0) is 42.6 Å². The highest BCUT2D eigenvalue weighted by Gasteiger charge is 2.30. The van der Waals surface area contributed by atoms with Gasteiger partial charge in [-0.25, -0.2) is 9.97 Å². The summed E-state index contributed by atoms with van der Waals surface area (Å²) < 4.78 is 0. The number of anilines is 1. The number of fused-ring (bicyclic) bond motifs is 3. The van der Waals surface area contributed by atoms with E-state index >= 15 is 0 Å². The monoisotopic (exact) mass is 442 g/mol. The van der Waals surface area contributed by atoms with Crippen molar-refractivity contribution in [3.8, 4) is 0 Å². The first-order valence-electron chi connectivity index (χ1n) is 12.0. The third-order valence-electron chi connectivity index (χ3n) is 6.82. The molecule has 0 bridgehead atoms. The molecule has 1 aliphatic heterocycles. The number of carbonyl (C=O) groups is 1. The van der Waals surface area contributed by atoms with Gasteiger partial charge < -0.3 is 9.80 Å². The predicted molar refractivity (Wildman–Crippen MR) is 130 cm³/mol. The van der Waals surface area contributed by atoms with Gasteiger partial charge in [0, 0.05) is 43.4 Å². The Morgan fingerprint density at radius 3 is 2.55 bits per heavy atom. The second kappa shape index (κ2) is 8.68. The molecule has 2 aromatic rings. The van der Waals surface area contributed by atoms with Gasteiger partial charge in [-0.1, -0.05) is 41.5 Å². The Balaban J connectivity index is 1.64. The molecule has 6 heteroatoms. The van der Waals surface area contributed by atoms with E-state index in [9.17, 15) is 4.79 Å². The maximum absolute atomic E-state index is 12.7. The van der Waals surface area contributed by atoms with Gasteiger partial charge in [0.2, 0.25) is 5.91 Å². The third-order valence-corrected chi connectivity index (χ3v) is 7.97. The Labute approximate surface area is 191 Å². The maximum Gasteiger partial charge on any atom is 0.223 e. The van der Waals surface area contributed by atoms with Crippen LogP contribution in [0.25, 0.3) is 10.2 Å². The Hall–Kier alpha value is -1.69. The molecule has 0 spiro atoms. The zero-order valence-electron chi connectivity index (χ0n) is 20.1. The molecule has 0 saturated carbocycles. The lowest BCUT2D eigenvalue weighted by molar-refractivity contribution is -0.133. The zero-order valence-corrected chi connectivity index (χ0v) is 20.9. The number of hydrogen-bond donors (Lipinski definition) is 0. The van der Waals surface area contributed by atoms with Gasteiger partial charge in [-0.3, -0.25) is 4.79 Å². The average molecular weight is 443 g/mol. The van der Waals surface area contributed by atoms with E-state index in [-0.39, 0.29) is 11.3 Å². The van der Waals surface area contributed by atoms with Gasteiger partial charge in [-0.15, -0.1) is 11.3 Å². The fourth-order valence-corrected chi connectivity index (χ4v) is 6.09. The number of aryl methyl sites for hydroxylation is 1. The van der Waals surface area contributed by atoms with Crippen LogP contribution in [0.2, 0.25) is 0 Å². The number of amides is 1. The number of piperazine rings is 1. The van der Waals surface area contributed by atoms with E-state index in [2.05, 4.69) is 46.4 Å². The van der Waals surface area contributed by atoms with Crippen molar-refractivity contribution in [2.75, 3.05) is 31.1 Å². The van der Waals surface area contributed by atoms with Crippen molar-refractivity contribution in [1.29, 1.82) is 0 Å². The Morgan fingerprint density at radius 1 is 1.19 bits per heavy atom. The molecular formula is C25H38N4OS. The van der Waals surface area contributed by atoms with Crippen LogP contribution < -0.4 is 4.90 Å². The zero-order chi connectivity index (χ0) is 22.3. The first-order chi connectivity index (χ1) is 14.7. The average Bonchev–Trinajstić information content (AvgIpc) is 3.08. The number of hydrogen-bond acceptors (Lipinski definition) is 5. The molecule has 1 saturated heterocycles. The first-order valence-corrected chi connectivity index (χ1v) is 12.8. The minimum absolute atomic E-state index is 0.0328. The van der Waals surface area contributed by atoms with E-state index in [1.807, 2.05) is 16.2 Å². The standard InChI is InChI=1S/C25H38N4OS/c1-7-17(3)22-26-23(21-18-9-8-16(2)14-19(18)31-24(21)27-22)29-12-10-28(11-13-29)20(30)15-25(4,5)6/h16-17H,7-15H2,1-6H3. The van der Waals surface area contributed by atoms with Gasteiger partial charge in [0.15, 0.2) is 0 Å². The van der Waals surface area contributed by atoms with Crippen LogP contribution in [0.1, 0.15) is 83.0 Å². The van der Waals surface area contributed by atoms with Crippen LogP contribution in [0.5, 0.6) is 0 Å². The minimum atomic E-state index is 0.0328. The van der Waals surface area contributed by atoms with Crippen molar-refractivity contribution in [1.82, 2.24) is 14.9 Å². The lowest BCUT2D eigenvalue weighted by Gasteiger charge is -2.37. The first kappa shape index (κ1) is 22.5. The molecule has 0 N–H and O–H groups in total. The molecule has 4 rings (SSSR count). The second-order valence-electron chi connectivity index (χ2n) is 10.9. The molecule has 3 heterocycles. The summed E-state index contributed by atoms with van der Waals surface area (Å²) in [5, 5.41) is 1.30. The number of aromatic nitrogens is 2. The van der Waals surface area contributed by atoms with Gasteiger partial charge >= 0.3 is 0 Å². The number of rotatable bonds is 4. The van der Waals surface area contributed by atoms with Crippen molar-refractivity contribution >= 4 is 33.3 Å². The number of thiophene rings is 1. The van der Waals surface area contributed by atoms with Crippen molar-refractivity contribution in [2.24, 2.45) is 11.3 Å². The largest absolute Gasteiger partial charge is 0.352 e. The summed E-state index contributed by atoms with van der Waals surface area (Å²) in [5.74, 6) is 3.49. The van der Waals surface area contributed by atoms with Crippen molar-refractivity contribution < 1.29 is 4.79 Å². The smallest absolute Gasteiger partial charge is 0.223 e. The Kier molecular flexibility index (Phi) is 6.30. The van der Waals surface area contributed by atoms with Crippen molar-refractivity contribution in [2.45, 2.75) is 79.6 Å². The molecule has 1 fully saturated rings. The molecular weight excluding hydrogens is 404 g/mol. The highest BCUT2D eigenvalue weighted by molar-refractivity contribution is 7.19. The topological polar surface area (TPSA) is 49.3 Å². The van der Waals surface area contributed by atoms with Gasteiger partial charge in [0.25, 0.3) is 0 Å². The lowest BCUT2D eigenvalue weighted by Crippen LogP contribution is -2.49. The third kappa shape index (κ3) is 4.74. The van der Waals surface area contributed by atoms with Crippen LogP contribution in [-0.2, 0) is 17.6 Å². The molecule has 170 valence electrons. The maximum atomic E-state index is 12.7. The summed E-state index contributed by atoms with van der Waals surface area (Å²) in [5.41, 5.74) is 1.53. The SMILES string of the molecule is CCC(C)c1nc(N2CCN(C(=O)CC(C)(C)C)CC2)c2c3c(sc2n1)CC(C)CC3. The minimum Gasteiger partial charge on any atom is -0.352 e. The molecule has 31 heavy (non-hydrogen) atoms. The molecule has 2 aromatic heterocycles. The van der Waals surface area contributed by atoms with Crippen LogP contribution in [0, 0.1) is 11.3 Å². The summed E-state index contributed by atoms with van der Waals surface area (Å²) in [6, 6.07) is 0. The van der Waals surface area contributed by atoms with Crippen LogP contribution in [0.4, 0.5) is 5.82 Å². The Bertz CT molecular complexity index is 953. The van der Waals surface area contributed by atoms with Crippen molar-refractivity contribution in [3.05, 3.63) is 16.3 Å². The van der Waals surface area contributed by atoms with Gasteiger partial charge in [0.1, 0.15) is 16.5 Å². The molecule has 2 unspecified atom stereocenters. The fraction of sp³-hybridized carbons (Fsp3) is 0.720. The number of nitrogens with zero attached hydrogens (tertiary/aromatic N) is 4. The molecule has 0 radical (unpaired) electrons. The fourth-order valence-electron chi connectivity index (χ4n) is 4.70. The van der Waals surface area contributed by atoms with E-state index in [4.69, 9.17) is 9.97 Å². The van der Waals surface area contributed by atoms with Crippen molar-refractivity contribution in [3.63, 3.8) is 0 Å². The van der Waals surface area contributed by atoms with E-state index in [1.165, 1.54) is 33.5 Å². The summed E-state index contributed by atoms with van der Waals surface area (Å²) in [6.07, 6.45) is 5.21. The summed E-state index contributed by atoms with van der Waals surface area (Å²) in [6.45, 7) is 16.5. The van der Waals surface area contributed by atoms with E-state index < -0.39 is 0 Å².